The third kappa shape index (κ3) is 9.82. The molecule has 0 fully saturated rings. The zero-order valence-corrected chi connectivity index (χ0v) is 20.0. The van der Waals surface area contributed by atoms with Crippen molar-refractivity contribution in [2.75, 3.05) is 6.61 Å². The van der Waals surface area contributed by atoms with Gasteiger partial charge in [-0.1, -0.05) is 19.2 Å². The Morgan fingerprint density at radius 2 is 1.64 bits per heavy atom. The predicted octanol–water partition coefficient (Wildman–Crippen LogP) is -1.76. The van der Waals surface area contributed by atoms with Crippen LogP contribution in [0.2, 0.25) is 19.1 Å². The SMILES string of the molecule is C[CH]=[Zr+2].C[Si](C)(CCO)c1ccc[cH-]1.[Cl-].[Cl-].c1ccc2[cH-]ccc2c1. The number of hydrogen-bond acceptors (Lipinski definition) is 1. The van der Waals surface area contributed by atoms with Crippen molar-refractivity contribution in [3.8, 4) is 0 Å². The van der Waals surface area contributed by atoms with Gasteiger partial charge in [-0.3, -0.25) is 0 Å². The van der Waals surface area contributed by atoms with Crippen molar-refractivity contribution in [1.29, 1.82) is 0 Å². The van der Waals surface area contributed by atoms with Gasteiger partial charge in [0.1, 0.15) is 0 Å². The molecule has 0 aliphatic rings. The van der Waals surface area contributed by atoms with E-state index >= 15 is 0 Å². The number of benzene rings is 1. The largest absolute Gasteiger partial charge is 1.00 e. The van der Waals surface area contributed by atoms with E-state index in [2.05, 4.69) is 83.5 Å². The molecule has 0 amide bonds. The van der Waals surface area contributed by atoms with Crippen LogP contribution < -0.4 is 30.0 Å². The quantitative estimate of drug-likeness (QED) is 0.354. The summed E-state index contributed by atoms with van der Waals surface area (Å²) < 4.78 is 2.09. The molecule has 0 saturated carbocycles. The summed E-state index contributed by atoms with van der Waals surface area (Å²) >= 11 is 1.51. The molecular weight excluding hydrogens is 446 g/mol. The Labute approximate surface area is 180 Å². The maximum Gasteiger partial charge on any atom is 0.0558 e. The summed E-state index contributed by atoms with van der Waals surface area (Å²) in [6.45, 7) is 6.94. The zero-order valence-electron chi connectivity index (χ0n) is 15.0. The molecule has 3 rings (SSSR count). The zero-order chi connectivity index (χ0) is 17.1. The second kappa shape index (κ2) is 14.8. The van der Waals surface area contributed by atoms with Crippen LogP contribution in [0, 0.1) is 0 Å². The van der Waals surface area contributed by atoms with Gasteiger partial charge in [0.05, 0.1) is 8.07 Å². The Kier molecular flexibility index (Phi) is 16.0. The Bertz CT molecular complexity index is 648. The first kappa shape index (κ1) is 26.9. The van der Waals surface area contributed by atoms with Crippen LogP contribution in [0.4, 0.5) is 0 Å². The summed E-state index contributed by atoms with van der Waals surface area (Å²) in [4.78, 5) is 0. The van der Waals surface area contributed by atoms with E-state index in [0.29, 0.717) is 6.61 Å². The minimum atomic E-state index is -1.28. The Balaban J connectivity index is 0. The van der Waals surface area contributed by atoms with E-state index in [0.717, 1.165) is 6.04 Å². The van der Waals surface area contributed by atoms with Crippen molar-refractivity contribution in [2.24, 2.45) is 0 Å². The summed E-state index contributed by atoms with van der Waals surface area (Å²) in [6, 6.07) is 24.1. The molecule has 1 N–H and O–H groups in total. The molecule has 0 saturated heterocycles. The Morgan fingerprint density at radius 1 is 1.00 bits per heavy atom. The fourth-order valence-electron chi connectivity index (χ4n) is 2.32. The van der Waals surface area contributed by atoms with Gasteiger partial charge >= 0.3 is 34.9 Å². The molecule has 0 aliphatic carbocycles. The third-order valence-electron chi connectivity index (χ3n) is 3.73. The predicted molar refractivity (Wildman–Crippen MR) is 102 cm³/mol. The van der Waals surface area contributed by atoms with Crippen LogP contribution in [-0.4, -0.2) is 23.5 Å². The first-order chi connectivity index (χ1) is 11.0. The molecule has 136 valence electrons. The smallest absolute Gasteiger partial charge is 0.0558 e. The molecule has 5 heteroatoms. The number of fused-ring (bicyclic) bond motifs is 1. The number of aliphatic hydroxyl groups is 1. The van der Waals surface area contributed by atoms with E-state index in [4.69, 9.17) is 5.11 Å². The summed E-state index contributed by atoms with van der Waals surface area (Å²) in [5.74, 6) is 0. The molecular formula is C20H26Cl2OSiZr-2. The molecule has 0 radical (unpaired) electrons. The van der Waals surface area contributed by atoms with Crippen LogP contribution in [0.1, 0.15) is 6.92 Å². The molecule has 1 nitrogen and oxygen atoms in total. The molecule has 0 aliphatic heterocycles. The van der Waals surface area contributed by atoms with Crippen LogP contribution in [0.25, 0.3) is 10.8 Å². The van der Waals surface area contributed by atoms with Gasteiger partial charge in [-0.2, -0.15) is 34.8 Å². The van der Waals surface area contributed by atoms with Gasteiger partial charge in [0, 0.05) is 6.61 Å². The number of halogens is 2. The normalized spacial score (nSPS) is 9.52. The van der Waals surface area contributed by atoms with E-state index in [9.17, 15) is 0 Å². The van der Waals surface area contributed by atoms with E-state index < -0.39 is 8.07 Å². The fourth-order valence-corrected chi connectivity index (χ4v) is 4.26. The van der Waals surface area contributed by atoms with E-state index in [1.54, 1.807) is 0 Å². The first-order valence-electron chi connectivity index (χ1n) is 7.93. The van der Waals surface area contributed by atoms with Crippen LogP contribution in [-0.2, 0) is 24.2 Å². The topological polar surface area (TPSA) is 20.2 Å². The molecule has 0 atom stereocenters. The summed E-state index contributed by atoms with van der Waals surface area (Å²) in [5, 5.41) is 12.9. The Morgan fingerprint density at radius 3 is 2.16 bits per heavy atom. The van der Waals surface area contributed by atoms with Crippen molar-refractivity contribution < 1.29 is 54.2 Å². The molecule has 25 heavy (non-hydrogen) atoms. The molecule has 0 aromatic heterocycles. The fraction of sp³-hybridized carbons (Fsp3) is 0.250. The van der Waals surface area contributed by atoms with E-state index in [-0.39, 0.29) is 24.8 Å². The molecule has 3 aromatic rings. The average molecular weight is 473 g/mol. The Hall–Kier alpha value is -0.310. The van der Waals surface area contributed by atoms with Gasteiger partial charge in [0.2, 0.25) is 0 Å². The van der Waals surface area contributed by atoms with Gasteiger partial charge in [-0.25, -0.2) is 12.1 Å². The standard InChI is InChI=1S/C9H15OSi.C9H7.C2H4.2ClH.Zr/c1-11(2,8-7-10)9-5-3-4-6-9;1-2-5-9-7-3-6-8(9)4-1;1-2;;;/h3-6,10H,7-8H2,1-2H3;1-7H;1H,2H3;2*1H;/q2*-1;;;;+2/p-2. The molecule has 0 bridgehead atoms. The molecule has 0 unspecified atom stereocenters. The minimum absolute atomic E-state index is 0. The maximum atomic E-state index is 8.84. The van der Waals surface area contributed by atoms with E-state index in [1.807, 2.05) is 6.92 Å². The van der Waals surface area contributed by atoms with Crippen LogP contribution in [0.5, 0.6) is 0 Å². The van der Waals surface area contributed by atoms with Gasteiger partial charge in [0.15, 0.2) is 0 Å². The van der Waals surface area contributed by atoms with Gasteiger partial charge in [-0.15, -0.1) is 29.7 Å². The second-order valence-corrected chi connectivity index (χ2v) is 12.2. The average Bonchev–Trinajstić information content (AvgIpc) is 3.21. The summed E-state index contributed by atoms with van der Waals surface area (Å²) in [7, 11) is -1.28. The third-order valence-corrected chi connectivity index (χ3v) is 7.10. The van der Waals surface area contributed by atoms with Crippen LogP contribution >= 0.6 is 0 Å². The first-order valence-corrected chi connectivity index (χ1v) is 12.6. The van der Waals surface area contributed by atoms with Crippen molar-refractivity contribution in [3.05, 3.63) is 66.7 Å². The van der Waals surface area contributed by atoms with Gasteiger partial charge in [-0.05, 0) is 6.04 Å². The van der Waals surface area contributed by atoms with E-state index in [1.165, 1.54) is 40.2 Å². The van der Waals surface area contributed by atoms with Crippen LogP contribution in [0.15, 0.2) is 66.7 Å². The van der Waals surface area contributed by atoms with Crippen LogP contribution in [0.3, 0.4) is 0 Å². The monoisotopic (exact) mass is 470 g/mol. The second-order valence-electron chi connectivity index (χ2n) is 5.97. The van der Waals surface area contributed by atoms with Crippen molar-refractivity contribution in [3.63, 3.8) is 0 Å². The number of hydrogen-bond donors (Lipinski definition) is 1. The molecule has 0 heterocycles. The van der Waals surface area contributed by atoms with Gasteiger partial charge in [0.25, 0.3) is 0 Å². The molecule has 3 aromatic carbocycles. The number of rotatable bonds is 3. The maximum absolute atomic E-state index is 8.84. The minimum Gasteiger partial charge on any atom is -1.00 e. The summed E-state index contributed by atoms with van der Waals surface area (Å²) in [5.41, 5.74) is 0. The molecule has 0 spiro atoms. The van der Waals surface area contributed by atoms with Gasteiger partial charge < -0.3 is 29.9 Å². The number of aliphatic hydroxyl groups excluding tert-OH is 1. The summed E-state index contributed by atoms with van der Waals surface area (Å²) in [6.07, 6.45) is 0. The van der Waals surface area contributed by atoms with Crippen molar-refractivity contribution in [2.45, 2.75) is 26.1 Å². The van der Waals surface area contributed by atoms with Crippen molar-refractivity contribution >= 4 is 27.7 Å². The van der Waals surface area contributed by atoms with Crippen molar-refractivity contribution in [1.82, 2.24) is 0 Å².